The molecule has 2 rings (SSSR count). The highest BCUT2D eigenvalue weighted by molar-refractivity contribution is 4.91. The molecule has 0 aliphatic carbocycles. The summed E-state index contributed by atoms with van der Waals surface area (Å²) in [5.74, 6) is 0. The van der Waals surface area contributed by atoms with Crippen LogP contribution in [0.3, 0.4) is 0 Å². The lowest BCUT2D eigenvalue weighted by Gasteiger charge is -2.43. The van der Waals surface area contributed by atoms with Gasteiger partial charge in [-0.15, -0.1) is 0 Å². The normalized spacial score (nSPS) is 41.1. The molecule has 3 atom stereocenters. The molecule has 81 valence electrons. The Kier molecular flexibility index (Phi) is 3.42. The second kappa shape index (κ2) is 4.60. The van der Waals surface area contributed by atoms with Gasteiger partial charge in [-0.25, -0.2) is 0 Å². The molecule has 2 saturated heterocycles. The molecule has 14 heavy (non-hydrogen) atoms. The summed E-state index contributed by atoms with van der Waals surface area (Å²) in [6, 6.07) is 1.15. The molecule has 2 N–H and O–H groups in total. The molecule has 2 heterocycles. The number of nitrogens with zero attached hydrogens (tertiary/aromatic N) is 1. The van der Waals surface area contributed by atoms with Gasteiger partial charge in [0.05, 0.1) is 6.17 Å². The lowest BCUT2D eigenvalue weighted by Crippen LogP contribution is -2.65. The van der Waals surface area contributed by atoms with Gasteiger partial charge in [-0.3, -0.25) is 10.2 Å². The van der Waals surface area contributed by atoms with Crippen LogP contribution >= 0.6 is 0 Å². The zero-order chi connectivity index (χ0) is 9.97. The van der Waals surface area contributed by atoms with Gasteiger partial charge in [0.15, 0.2) is 0 Å². The molecule has 2 aliphatic rings. The molecular formula is C11H22N3. The van der Waals surface area contributed by atoms with Gasteiger partial charge in [-0.1, -0.05) is 6.42 Å². The van der Waals surface area contributed by atoms with Gasteiger partial charge < -0.3 is 5.32 Å². The fraction of sp³-hybridized carbons (Fsp3) is 0.909. The van der Waals surface area contributed by atoms with Gasteiger partial charge in [0.2, 0.25) is 0 Å². The van der Waals surface area contributed by atoms with Crippen molar-refractivity contribution in [3.05, 3.63) is 6.54 Å². The van der Waals surface area contributed by atoms with Gasteiger partial charge in [-0.2, -0.15) is 0 Å². The van der Waals surface area contributed by atoms with Crippen molar-refractivity contribution < 1.29 is 0 Å². The van der Waals surface area contributed by atoms with Gasteiger partial charge in [0.1, 0.15) is 0 Å². The molecule has 3 unspecified atom stereocenters. The monoisotopic (exact) mass is 196 g/mol. The molecule has 0 spiro atoms. The number of hydrogen-bond donors (Lipinski definition) is 2. The largest absolute Gasteiger partial charge is 0.310 e. The lowest BCUT2D eigenvalue weighted by atomic mass is 10.1. The van der Waals surface area contributed by atoms with Crippen LogP contribution in [-0.4, -0.2) is 36.2 Å². The predicted molar refractivity (Wildman–Crippen MR) is 58.7 cm³/mol. The third-order valence-corrected chi connectivity index (χ3v) is 3.27. The van der Waals surface area contributed by atoms with Crippen molar-refractivity contribution in [2.75, 3.05) is 13.1 Å². The minimum atomic E-state index is 0.499. The summed E-state index contributed by atoms with van der Waals surface area (Å²) in [6.45, 7) is 9.20. The first-order valence-corrected chi connectivity index (χ1v) is 5.86. The molecule has 0 aromatic heterocycles. The number of nitrogens with one attached hydrogen (secondary N) is 2. The van der Waals surface area contributed by atoms with Crippen LogP contribution in [0.15, 0.2) is 0 Å². The molecule has 0 bridgehead atoms. The molecule has 0 amide bonds. The molecule has 3 heteroatoms. The van der Waals surface area contributed by atoms with Crippen LogP contribution in [-0.2, 0) is 0 Å². The second-order valence-corrected chi connectivity index (χ2v) is 4.63. The van der Waals surface area contributed by atoms with Crippen LogP contribution < -0.4 is 10.6 Å². The molecule has 0 aromatic rings. The minimum absolute atomic E-state index is 0.499. The van der Waals surface area contributed by atoms with E-state index in [4.69, 9.17) is 0 Å². The number of hydrogen-bond acceptors (Lipinski definition) is 3. The van der Waals surface area contributed by atoms with Crippen molar-refractivity contribution in [1.29, 1.82) is 0 Å². The Labute approximate surface area is 87.2 Å². The summed E-state index contributed by atoms with van der Waals surface area (Å²) in [4.78, 5) is 2.48. The first-order chi connectivity index (χ1) is 6.77. The van der Waals surface area contributed by atoms with Crippen molar-refractivity contribution in [3.63, 3.8) is 0 Å². The van der Waals surface area contributed by atoms with E-state index < -0.39 is 0 Å². The van der Waals surface area contributed by atoms with Crippen molar-refractivity contribution in [1.82, 2.24) is 15.5 Å². The lowest BCUT2D eigenvalue weighted by molar-refractivity contribution is 0.109. The molecular weight excluding hydrogens is 174 g/mol. The zero-order valence-electron chi connectivity index (χ0n) is 9.29. The molecule has 2 aliphatic heterocycles. The number of piperazine rings is 1. The minimum Gasteiger partial charge on any atom is -0.310 e. The Hall–Kier alpha value is -0.120. The fourth-order valence-electron chi connectivity index (χ4n) is 2.39. The first-order valence-electron chi connectivity index (χ1n) is 5.86. The van der Waals surface area contributed by atoms with Gasteiger partial charge in [-0.05, 0) is 26.7 Å². The smallest absolute Gasteiger partial charge is 0.0758 e. The average molecular weight is 196 g/mol. The summed E-state index contributed by atoms with van der Waals surface area (Å²) in [5.41, 5.74) is 0. The molecule has 3 nitrogen and oxygen atoms in total. The Morgan fingerprint density at radius 1 is 1.29 bits per heavy atom. The van der Waals surface area contributed by atoms with Crippen LogP contribution in [0.25, 0.3) is 0 Å². The summed E-state index contributed by atoms with van der Waals surface area (Å²) in [6.07, 6.45) is 4.45. The van der Waals surface area contributed by atoms with E-state index in [1.807, 2.05) is 0 Å². The van der Waals surface area contributed by atoms with Gasteiger partial charge >= 0.3 is 0 Å². The second-order valence-electron chi connectivity index (χ2n) is 4.63. The van der Waals surface area contributed by atoms with E-state index in [1.165, 1.54) is 25.8 Å². The van der Waals surface area contributed by atoms with Crippen molar-refractivity contribution in [2.24, 2.45) is 0 Å². The maximum Gasteiger partial charge on any atom is 0.0758 e. The van der Waals surface area contributed by atoms with E-state index in [0.717, 1.165) is 6.54 Å². The Morgan fingerprint density at radius 3 is 2.86 bits per heavy atom. The number of rotatable bonds is 1. The van der Waals surface area contributed by atoms with Crippen molar-refractivity contribution in [2.45, 2.75) is 51.4 Å². The highest BCUT2D eigenvalue weighted by Gasteiger charge is 2.29. The first kappa shape index (κ1) is 10.4. The quantitative estimate of drug-likeness (QED) is 0.653. The van der Waals surface area contributed by atoms with Crippen molar-refractivity contribution in [3.8, 4) is 0 Å². The van der Waals surface area contributed by atoms with E-state index in [9.17, 15) is 0 Å². The zero-order valence-corrected chi connectivity index (χ0v) is 9.29. The summed E-state index contributed by atoms with van der Waals surface area (Å²) < 4.78 is 0. The fourth-order valence-corrected chi connectivity index (χ4v) is 2.39. The standard InChI is InChI=1S/C11H22N3/c1-9-8-12-10(2)11(13-9)14-6-4-3-5-7-14/h6,9-13H,3-5,7-8H2,1-2H3. The highest BCUT2D eigenvalue weighted by Crippen LogP contribution is 2.18. The van der Waals surface area contributed by atoms with E-state index >= 15 is 0 Å². The summed E-state index contributed by atoms with van der Waals surface area (Å²) >= 11 is 0. The Balaban J connectivity index is 1.92. The Bertz CT molecular complexity index is 177. The van der Waals surface area contributed by atoms with Crippen LogP contribution in [0.5, 0.6) is 0 Å². The average Bonchev–Trinajstić information content (AvgIpc) is 2.23. The van der Waals surface area contributed by atoms with Crippen LogP contribution in [0.2, 0.25) is 0 Å². The van der Waals surface area contributed by atoms with E-state index in [1.54, 1.807) is 0 Å². The van der Waals surface area contributed by atoms with Gasteiger partial charge in [0.25, 0.3) is 0 Å². The van der Waals surface area contributed by atoms with Crippen molar-refractivity contribution >= 4 is 0 Å². The van der Waals surface area contributed by atoms with Gasteiger partial charge in [0, 0.05) is 31.7 Å². The molecule has 0 saturated carbocycles. The maximum atomic E-state index is 3.67. The summed E-state index contributed by atoms with van der Waals surface area (Å²) in [7, 11) is 0. The molecule has 2 fully saturated rings. The summed E-state index contributed by atoms with van der Waals surface area (Å²) in [5, 5.41) is 7.22. The van der Waals surface area contributed by atoms with E-state index in [0.29, 0.717) is 18.2 Å². The van der Waals surface area contributed by atoms with Crippen LogP contribution in [0, 0.1) is 6.54 Å². The SMILES string of the molecule is CC1CNC(C)C(N2[CH]CCCC2)N1. The predicted octanol–water partition coefficient (Wildman–Crippen LogP) is 0.930. The topological polar surface area (TPSA) is 27.3 Å². The highest BCUT2D eigenvalue weighted by atomic mass is 15.3. The van der Waals surface area contributed by atoms with E-state index in [-0.39, 0.29) is 0 Å². The molecule has 0 aromatic carbocycles. The maximum absolute atomic E-state index is 3.67. The number of piperidine rings is 1. The Morgan fingerprint density at radius 2 is 2.14 bits per heavy atom. The van der Waals surface area contributed by atoms with Crippen LogP contribution in [0.4, 0.5) is 0 Å². The molecule has 1 radical (unpaired) electrons. The third-order valence-electron chi connectivity index (χ3n) is 3.27. The van der Waals surface area contributed by atoms with E-state index in [2.05, 4.69) is 35.9 Å². The third kappa shape index (κ3) is 2.27. The van der Waals surface area contributed by atoms with Crippen LogP contribution in [0.1, 0.15) is 33.1 Å². The number of likely N-dealkylation sites (tertiary alicyclic amines) is 1.